The van der Waals surface area contributed by atoms with Crippen LogP contribution in [-0.2, 0) is 6.61 Å². The van der Waals surface area contributed by atoms with Gasteiger partial charge in [0.2, 0.25) is 0 Å². The molecule has 1 aliphatic heterocycles. The van der Waals surface area contributed by atoms with Crippen molar-refractivity contribution in [3.8, 4) is 11.5 Å². The van der Waals surface area contributed by atoms with Crippen LogP contribution in [0.25, 0.3) is 0 Å². The Morgan fingerprint density at radius 2 is 1.93 bits per heavy atom. The van der Waals surface area contributed by atoms with E-state index in [-0.39, 0.29) is 5.91 Å². The summed E-state index contributed by atoms with van der Waals surface area (Å²) in [6.07, 6.45) is 0.928. The van der Waals surface area contributed by atoms with Crippen LogP contribution in [0.5, 0.6) is 11.5 Å². The van der Waals surface area contributed by atoms with E-state index in [1.165, 1.54) is 0 Å². The topological polar surface area (TPSA) is 54.9 Å². The standard InChI is InChI=1S/C23H25N3O3S/c1-28-21-8-6-20(7-9-21)25-10-3-11-26(13-12-25)23(27)18-4-2-5-22(14-18)29-15-19-16-30-17-24-19/h2,4-9,14,16-17H,3,10-13,15H2,1H3. The lowest BCUT2D eigenvalue weighted by atomic mass is 10.2. The fraction of sp³-hybridized carbons (Fsp3) is 0.304. The van der Waals surface area contributed by atoms with Gasteiger partial charge in [-0.2, -0.15) is 0 Å². The summed E-state index contributed by atoms with van der Waals surface area (Å²) in [4.78, 5) is 21.6. The molecule has 4 rings (SSSR count). The lowest BCUT2D eigenvalue weighted by molar-refractivity contribution is 0.0766. The largest absolute Gasteiger partial charge is 0.497 e. The molecule has 0 spiro atoms. The van der Waals surface area contributed by atoms with Crippen LogP contribution < -0.4 is 14.4 Å². The highest BCUT2D eigenvalue weighted by Crippen LogP contribution is 2.22. The van der Waals surface area contributed by atoms with Gasteiger partial charge in [0, 0.05) is 42.8 Å². The van der Waals surface area contributed by atoms with Gasteiger partial charge in [-0.25, -0.2) is 4.98 Å². The third-order valence-corrected chi connectivity index (χ3v) is 5.81. The molecule has 0 aliphatic carbocycles. The average Bonchev–Trinajstić information content (AvgIpc) is 3.20. The number of ether oxygens (including phenoxy) is 2. The molecular formula is C23H25N3O3S. The smallest absolute Gasteiger partial charge is 0.254 e. The Labute approximate surface area is 180 Å². The Hall–Kier alpha value is -3.06. The second-order valence-electron chi connectivity index (χ2n) is 7.13. The van der Waals surface area contributed by atoms with Crippen LogP contribution in [0.15, 0.2) is 59.4 Å². The average molecular weight is 424 g/mol. The molecule has 2 aromatic carbocycles. The molecule has 0 unspecified atom stereocenters. The number of amides is 1. The maximum Gasteiger partial charge on any atom is 0.254 e. The Kier molecular flexibility index (Phi) is 6.49. The van der Waals surface area contributed by atoms with E-state index in [0.29, 0.717) is 24.5 Å². The van der Waals surface area contributed by atoms with Crippen molar-refractivity contribution in [1.82, 2.24) is 9.88 Å². The molecule has 1 aromatic heterocycles. The van der Waals surface area contributed by atoms with Gasteiger partial charge in [-0.3, -0.25) is 4.79 Å². The third-order valence-electron chi connectivity index (χ3n) is 5.17. The van der Waals surface area contributed by atoms with Gasteiger partial charge >= 0.3 is 0 Å². The van der Waals surface area contributed by atoms with Crippen molar-refractivity contribution >= 4 is 22.9 Å². The number of hydrogen-bond acceptors (Lipinski definition) is 6. The molecule has 0 N–H and O–H groups in total. The lowest BCUT2D eigenvalue weighted by Gasteiger charge is -2.24. The van der Waals surface area contributed by atoms with Crippen LogP contribution in [-0.4, -0.2) is 49.1 Å². The van der Waals surface area contributed by atoms with Crippen LogP contribution in [0, 0.1) is 0 Å². The molecule has 2 heterocycles. The van der Waals surface area contributed by atoms with Crippen molar-refractivity contribution in [3.63, 3.8) is 0 Å². The molecule has 6 nitrogen and oxygen atoms in total. The van der Waals surface area contributed by atoms with E-state index in [2.05, 4.69) is 22.0 Å². The molecule has 0 radical (unpaired) electrons. The summed E-state index contributed by atoms with van der Waals surface area (Å²) in [6.45, 7) is 3.57. The van der Waals surface area contributed by atoms with Crippen molar-refractivity contribution in [3.05, 3.63) is 70.7 Å². The van der Waals surface area contributed by atoms with E-state index in [9.17, 15) is 4.79 Å². The quantitative estimate of drug-likeness (QED) is 0.598. The highest BCUT2D eigenvalue weighted by Gasteiger charge is 2.21. The molecule has 30 heavy (non-hydrogen) atoms. The Bertz CT molecular complexity index is 960. The zero-order chi connectivity index (χ0) is 20.8. The van der Waals surface area contributed by atoms with Crippen molar-refractivity contribution in [2.45, 2.75) is 13.0 Å². The van der Waals surface area contributed by atoms with Crippen LogP contribution in [0.1, 0.15) is 22.5 Å². The number of carbonyl (C=O) groups is 1. The molecule has 1 saturated heterocycles. The Morgan fingerprint density at radius 1 is 1.07 bits per heavy atom. The zero-order valence-electron chi connectivity index (χ0n) is 17.0. The zero-order valence-corrected chi connectivity index (χ0v) is 17.8. The summed E-state index contributed by atoms with van der Waals surface area (Å²) in [5.41, 5.74) is 4.49. The van der Waals surface area contributed by atoms with Crippen molar-refractivity contribution in [1.29, 1.82) is 0 Å². The van der Waals surface area contributed by atoms with Crippen molar-refractivity contribution in [2.24, 2.45) is 0 Å². The number of aromatic nitrogens is 1. The summed E-state index contributed by atoms with van der Waals surface area (Å²) in [6, 6.07) is 15.5. The maximum absolute atomic E-state index is 13.1. The number of anilines is 1. The summed E-state index contributed by atoms with van der Waals surface area (Å²) >= 11 is 1.54. The maximum atomic E-state index is 13.1. The second-order valence-corrected chi connectivity index (χ2v) is 7.85. The first-order valence-electron chi connectivity index (χ1n) is 10.0. The number of carbonyl (C=O) groups excluding carboxylic acids is 1. The van der Waals surface area contributed by atoms with Gasteiger partial charge in [-0.15, -0.1) is 11.3 Å². The predicted octanol–water partition coefficient (Wildman–Crippen LogP) is 4.08. The van der Waals surface area contributed by atoms with Gasteiger partial charge in [-0.1, -0.05) is 6.07 Å². The molecule has 0 atom stereocenters. The first-order chi connectivity index (χ1) is 14.7. The van der Waals surface area contributed by atoms with E-state index < -0.39 is 0 Å². The number of hydrogen-bond donors (Lipinski definition) is 0. The molecule has 156 valence electrons. The monoisotopic (exact) mass is 423 g/mol. The van der Waals surface area contributed by atoms with Crippen LogP contribution >= 0.6 is 11.3 Å². The third kappa shape index (κ3) is 4.91. The highest BCUT2D eigenvalue weighted by molar-refractivity contribution is 7.07. The number of nitrogens with zero attached hydrogens (tertiary/aromatic N) is 3. The van der Waals surface area contributed by atoms with E-state index >= 15 is 0 Å². The van der Waals surface area contributed by atoms with E-state index in [1.54, 1.807) is 24.0 Å². The lowest BCUT2D eigenvalue weighted by Crippen LogP contribution is -2.35. The van der Waals surface area contributed by atoms with E-state index in [4.69, 9.17) is 9.47 Å². The molecular weight excluding hydrogens is 398 g/mol. The van der Waals surface area contributed by atoms with Gasteiger partial charge in [0.15, 0.2) is 0 Å². The van der Waals surface area contributed by atoms with Crippen LogP contribution in [0.2, 0.25) is 0 Å². The molecule has 0 bridgehead atoms. The fourth-order valence-corrected chi connectivity index (χ4v) is 4.08. The molecule has 3 aromatic rings. The summed E-state index contributed by atoms with van der Waals surface area (Å²) < 4.78 is 11.0. The van der Waals surface area contributed by atoms with E-state index in [0.717, 1.165) is 43.2 Å². The summed E-state index contributed by atoms with van der Waals surface area (Å²) in [5, 5.41) is 1.96. The second kappa shape index (κ2) is 9.63. The molecule has 7 heteroatoms. The van der Waals surface area contributed by atoms with Gasteiger partial charge in [0.25, 0.3) is 5.91 Å². The molecule has 1 aliphatic rings. The predicted molar refractivity (Wildman–Crippen MR) is 119 cm³/mol. The number of rotatable bonds is 6. The minimum atomic E-state index is 0.0469. The minimum absolute atomic E-state index is 0.0469. The normalized spacial score (nSPS) is 14.3. The summed E-state index contributed by atoms with van der Waals surface area (Å²) in [7, 11) is 1.67. The first-order valence-corrected chi connectivity index (χ1v) is 11.0. The molecule has 1 fully saturated rings. The molecule has 1 amide bonds. The Morgan fingerprint density at radius 3 is 2.70 bits per heavy atom. The minimum Gasteiger partial charge on any atom is -0.497 e. The van der Waals surface area contributed by atoms with Crippen LogP contribution in [0.4, 0.5) is 5.69 Å². The number of methoxy groups -OCH3 is 1. The van der Waals surface area contributed by atoms with Gasteiger partial charge in [-0.05, 0) is 48.9 Å². The van der Waals surface area contributed by atoms with Crippen molar-refractivity contribution in [2.75, 3.05) is 38.2 Å². The van der Waals surface area contributed by atoms with Crippen molar-refractivity contribution < 1.29 is 14.3 Å². The first kappa shape index (κ1) is 20.2. The number of thiazole rings is 1. The van der Waals surface area contributed by atoms with Crippen LogP contribution in [0.3, 0.4) is 0 Å². The SMILES string of the molecule is COc1ccc(N2CCCN(C(=O)c3cccc(OCc4cscn4)c3)CC2)cc1. The fourth-order valence-electron chi connectivity index (χ4n) is 3.54. The van der Waals surface area contributed by atoms with Gasteiger partial charge in [0.05, 0.1) is 18.3 Å². The highest BCUT2D eigenvalue weighted by atomic mass is 32.1. The van der Waals surface area contributed by atoms with Gasteiger partial charge in [0.1, 0.15) is 18.1 Å². The van der Waals surface area contributed by atoms with E-state index in [1.807, 2.05) is 46.7 Å². The Balaban J connectivity index is 1.38. The summed E-state index contributed by atoms with van der Waals surface area (Å²) in [5.74, 6) is 1.58. The number of benzene rings is 2. The molecule has 0 saturated carbocycles. The van der Waals surface area contributed by atoms with Gasteiger partial charge < -0.3 is 19.3 Å².